The Balaban J connectivity index is 2.17. The predicted molar refractivity (Wildman–Crippen MR) is 72.3 cm³/mol. The Morgan fingerprint density at radius 3 is 2.61 bits per heavy atom. The average Bonchev–Trinajstić information content (AvgIpc) is 2.29. The molecular formula is C12H17ClFN3O. The first kappa shape index (κ1) is 13.2. The van der Waals surface area contributed by atoms with E-state index in [0.29, 0.717) is 6.54 Å². The van der Waals surface area contributed by atoms with Gasteiger partial charge in [0.25, 0.3) is 0 Å². The van der Waals surface area contributed by atoms with E-state index in [4.69, 9.17) is 27.8 Å². The highest BCUT2D eigenvalue weighted by molar-refractivity contribution is 6.33. The van der Waals surface area contributed by atoms with Crippen molar-refractivity contribution >= 4 is 28.7 Å². The molecule has 2 rings (SSSR count). The maximum absolute atomic E-state index is 13.9. The summed E-state index contributed by atoms with van der Waals surface area (Å²) >= 11 is 5.76. The van der Waals surface area contributed by atoms with Crippen molar-refractivity contribution in [3.8, 4) is 0 Å². The van der Waals surface area contributed by atoms with E-state index < -0.39 is 5.82 Å². The number of rotatable bonds is 4. The number of benzene rings is 1. The van der Waals surface area contributed by atoms with Gasteiger partial charge in [-0.05, 0) is 25.3 Å². The smallest absolute Gasteiger partial charge is 0.169 e. The van der Waals surface area contributed by atoms with Gasteiger partial charge in [0.2, 0.25) is 0 Å². The Kier molecular flexibility index (Phi) is 3.54. The second kappa shape index (κ2) is 4.82. The van der Waals surface area contributed by atoms with Crippen molar-refractivity contribution in [1.82, 2.24) is 0 Å². The van der Waals surface area contributed by atoms with E-state index in [1.165, 1.54) is 6.07 Å². The average molecular weight is 274 g/mol. The summed E-state index contributed by atoms with van der Waals surface area (Å²) in [6.45, 7) is 0.505. The second-order valence-electron chi connectivity index (χ2n) is 4.65. The van der Waals surface area contributed by atoms with Gasteiger partial charge in [-0.25, -0.2) is 4.39 Å². The summed E-state index contributed by atoms with van der Waals surface area (Å²) in [7, 11) is 1.66. The molecule has 6 heteroatoms. The first-order valence-corrected chi connectivity index (χ1v) is 6.19. The van der Waals surface area contributed by atoms with E-state index in [-0.39, 0.29) is 27.7 Å². The van der Waals surface area contributed by atoms with Crippen molar-refractivity contribution in [2.45, 2.75) is 24.9 Å². The molecule has 0 unspecified atom stereocenters. The topological polar surface area (TPSA) is 73.3 Å². The largest absolute Gasteiger partial charge is 0.397 e. The van der Waals surface area contributed by atoms with Crippen LogP contribution in [0.25, 0.3) is 0 Å². The van der Waals surface area contributed by atoms with Crippen LogP contribution in [0.2, 0.25) is 5.02 Å². The first-order valence-electron chi connectivity index (χ1n) is 5.81. The van der Waals surface area contributed by atoms with Crippen LogP contribution in [0.15, 0.2) is 6.07 Å². The lowest BCUT2D eigenvalue weighted by Gasteiger charge is -2.40. The number of halogens is 2. The van der Waals surface area contributed by atoms with Crippen LogP contribution >= 0.6 is 11.6 Å². The summed E-state index contributed by atoms with van der Waals surface area (Å²) in [5.41, 5.74) is 11.6. The molecule has 100 valence electrons. The fourth-order valence-electron chi connectivity index (χ4n) is 2.12. The Morgan fingerprint density at radius 2 is 2.11 bits per heavy atom. The molecule has 0 radical (unpaired) electrons. The van der Waals surface area contributed by atoms with Gasteiger partial charge in [-0.1, -0.05) is 11.6 Å². The molecule has 4 nitrogen and oxygen atoms in total. The molecule has 0 saturated heterocycles. The van der Waals surface area contributed by atoms with Crippen molar-refractivity contribution in [3.05, 3.63) is 16.9 Å². The van der Waals surface area contributed by atoms with Crippen LogP contribution in [0.4, 0.5) is 21.5 Å². The molecule has 1 aromatic carbocycles. The van der Waals surface area contributed by atoms with Crippen LogP contribution in [0.3, 0.4) is 0 Å². The van der Waals surface area contributed by atoms with E-state index in [9.17, 15) is 4.39 Å². The van der Waals surface area contributed by atoms with E-state index in [1.807, 2.05) is 0 Å². The Hall–Kier alpha value is -1.20. The van der Waals surface area contributed by atoms with Crippen LogP contribution in [0.5, 0.6) is 0 Å². The van der Waals surface area contributed by atoms with Gasteiger partial charge < -0.3 is 21.5 Å². The van der Waals surface area contributed by atoms with Gasteiger partial charge in [0, 0.05) is 13.7 Å². The maximum Gasteiger partial charge on any atom is 0.169 e. The maximum atomic E-state index is 13.9. The number of ether oxygens (including phenoxy) is 1. The molecule has 0 aromatic heterocycles. The number of nitrogens with two attached hydrogens (primary N) is 2. The minimum atomic E-state index is -0.611. The minimum absolute atomic E-state index is 0.105. The highest BCUT2D eigenvalue weighted by Crippen LogP contribution is 2.38. The van der Waals surface area contributed by atoms with Gasteiger partial charge in [0.05, 0.1) is 22.7 Å². The lowest BCUT2D eigenvalue weighted by Crippen LogP contribution is -2.45. The molecule has 1 fully saturated rings. The molecular weight excluding hydrogens is 257 g/mol. The van der Waals surface area contributed by atoms with Crippen molar-refractivity contribution in [2.75, 3.05) is 30.4 Å². The normalized spacial score (nSPS) is 17.3. The zero-order chi connectivity index (χ0) is 13.3. The lowest BCUT2D eigenvalue weighted by molar-refractivity contribution is -0.0601. The van der Waals surface area contributed by atoms with E-state index in [0.717, 1.165) is 19.3 Å². The van der Waals surface area contributed by atoms with E-state index >= 15 is 0 Å². The molecule has 18 heavy (non-hydrogen) atoms. The number of hydrogen-bond acceptors (Lipinski definition) is 4. The van der Waals surface area contributed by atoms with Crippen LogP contribution < -0.4 is 16.8 Å². The Morgan fingerprint density at radius 1 is 1.44 bits per heavy atom. The highest BCUT2D eigenvalue weighted by Gasteiger charge is 2.37. The van der Waals surface area contributed by atoms with Gasteiger partial charge in [0.15, 0.2) is 5.82 Å². The van der Waals surface area contributed by atoms with Crippen molar-refractivity contribution < 1.29 is 9.13 Å². The fraction of sp³-hybridized carbons (Fsp3) is 0.500. The number of hydrogen-bond donors (Lipinski definition) is 3. The summed E-state index contributed by atoms with van der Waals surface area (Å²) in [6.07, 6.45) is 3.04. The number of nitrogens with one attached hydrogen (secondary N) is 1. The Labute approximate surface area is 110 Å². The molecule has 0 bridgehead atoms. The Bertz CT molecular complexity index is 458. The zero-order valence-corrected chi connectivity index (χ0v) is 11.0. The van der Waals surface area contributed by atoms with Crippen molar-refractivity contribution in [2.24, 2.45) is 0 Å². The lowest BCUT2D eigenvalue weighted by atomic mass is 9.80. The molecule has 1 aromatic rings. The van der Waals surface area contributed by atoms with Crippen molar-refractivity contribution in [1.29, 1.82) is 0 Å². The summed E-state index contributed by atoms with van der Waals surface area (Å²) in [5.74, 6) is -0.611. The minimum Gasteiger partial charge on any atom is -0.397 e. The molecule has 0 atom stereocenters. The number of nitrogen functional groups attached to an aromatic ring is 2. The molecule has 0 amide bonds. The third kappa shape index (κ3) is 2.20. The molecule has 5 N–H and O–H groups in total. The standard InChI is InChI=1S/C12H17ClFN3O/c1-18-12(3-2-4-12)6-17-11-8(16)5-7(15)9(13)10(11)14/h5,17H,2-4,6,15-16H2,1H3. The van der Waals surface area contributed by atoms with Gasteiger partial charge in [-0.3, -0.25) is 0 Å². The molecule has 0 spiro atoms. The summed E-state index contributed by atoms with van der Waals surface area (Å²) in [5, 5.41) is 2.87. The monoisotopic (exact) mass is 273 g/mol. The van der Waals surface area contributed by atoms with Crippen LogP contribution in [0, 0.1) is 5.82 Å². The highest BCUT2D eigenvalue weighted by atomic mass is 35.5. The van der Waals surface area contributed by atoms with E-state index in [2.05, 4.69) is 5.32 Å². The third-order valence-electron chi connectivity index (χ3n) is 3.55. The van der Waals surface area contributed by atoms with Gasteiger partial charge in [0.1, 0.15) is 5.02 Å². The van der Waals surface area contributed by atoms with Crippen molar-refractivity contribution in [3.63, 3.8) is 0 Å². The zero-order valence-electron chi connectivity index (χ0n) is 10.2. The van der Waals surface area contributed by atoms with E-state index in [1.54, 1.807) is 7.11 Å². The summed E-state index contributed by atoms with van der Waals surface area (Å²) < 4.78 is 19.4. The molecule has 0 aliphatic heterocycles. The van der Waals surface area contributed by atoms with Gasteiger partial charge >= 0.3 is 0 Å². The first-order chi connectivity index (χ1) is 8.49. The number of anilines is 3. The van der Waals surface area contributed by atoms with Gasteiger partial charge in [-0.15, -0.1) is 0 Å². The predicted octanol–water partition coefficient (Wildman–Crippen LogP) is 2.62. The quantitative estimate of drug-likeness (QED) is 0.738. The van der Waals surface area contributed by atoms with Crippen LogP contribution in [0.1, 0.15) is 19.3 Å². The molecule has 0 heterocycles. The van der Waals surface area contributed by atoms with Crippen LogP contribution in [-0.2, 0) is 4.74 Å². The summed E-state index contributed by atoms with van der Waals surface area (Å²) in [4.78, 5) is 0. The fourth-order valence-corrected chi connectivity index (χ4v) is 2.27. The molecule has 1 saturated carbocycles. The number of methoxy groups -OCH3 is 1. The second-order valence-corrected chi connectivity index (χ2v) is 5.03. The third-order valence-corrected chi connectivity index (χ3v) is 3.93. The molecule has 1 aliphatic rings. The SMILES string of the molecule is COC1(CNc2c(N)cc(N)c(Cl)c2F)CCC1. The van der Waals surface area contributed by atoms with Crippen LogP contribution in [-0.4, -0.2) is 19.3 Å². The molecule has 1 aliphatic carbocycles. The summed E-state index contributed by atoms with van der Waals surface area (Å²) in [6, 6.07) is 1.45. The van der Waals surface area contributed by atoms with Gasteiger partial charge in [-0.2, -0.15) is 0 Å².